The normalized spacial score (nSPS) is 18.0. The van der Waals surface area contributed by atoms with E-state index in [4.69, 9.17) is 4.74 Å². The number of hydrogen-bond acceptors (Lipinski definition) is 2. The molecule has 0 radical (unpaired) electrons. The molecular formula is C8H10OS. The van der Waals surface area contributed by atoms with Gasteiger partial charge in [0.05, 0.1) is 0 Å². The summed E-state index contributed by atoms with van der Waals surface area (Å²) in [6, 6.07) is 0. The van der Waals surface area contributed by atoms with Crippen LogP contribution >= 0.6 is 11.8 Å². The molecule has 0 unspecified atom stereocenters. The van der Waals surface area contributed by atoms with E-state index in [0.717, 1.165) is 23.0 Å². The number of rotatable bonds is 2. The van der Waals surface area contributed by atoms with E-state index in [2.05, 4.69) is 13.2 Å². The summed E-state index contributed by atoms with van der Waals surface area (Å²) < 4.78 is 5.28. The van der Waals surface area contributed by atoms with Crippen LogP contribution in [0.25, 0.3) is 0 Å². The van der Waals surface area contributed by atoms with Gasteiger partial charge in [0.15, 0.2) is 0 Å². The minimum Gasteiger partial charge on any atom is -0.483 e. The van der Waals surface area contributed by atoms with Crippen LogP contribution in [0.5, 0.6) is 0 Å². The molecule has 1 nitrogen and oxygen atoms in total. The van der Waals surface area contributed by atoms with Crippen LogP contribution in [0.4, 0.5) is 0 Å². The highest BCUT2D eigenvalue weighted by Crippen LogP contribution is 2.21. The molecule has 0 aromatic carbocycles. The molecule has 1 heterocycles. The van der Waals surface area contributed by atoms with Crippen molar-refractivity contribution in [1.29, 1.82) is 0 Å². The van der Waals surface area contributed by atoms with E-state index in [9.17, 15) is 0 Å². The Kier molecular flexibility index (Phi) is 2.63. The van der Waals surface area contributed by atoms with E-state index in [-0.39, 0.29) is 0 Å². The zero-order valence-electron chi connectivity index (χ0n) is 5.80. The Bertz CT molecular complexity index is 162. The standard InChI is InChI=1S/C8H10OS/c1-3-7-5-10-6-9-8(7)4-2/h3-4H,1-2,5-6H2. The first-order valence-corrected chi connectivity index (χ1v) is 4.22. The maximum Gasteiger partial charge on any atom is 0.134 e. The lowest BCUT2D eigenvalue weighted by Crippen LogP contribution is -2.02. The third-order valence-electron chi connectivity index (χ3n) is 1.30. The SMILES string of the molecule is C=CC1=C(C=C)OCSC1. The van der Waals surface area contributed by atoms with E-state index in [1.54, 1.807) is 17.8 Å². The molecule has 0 saturated heterocycles. The molecule has 10 heavy (non-hydrogen) atoms. The van der Waals surface area contributed by atoms with Crippen LogP contribution in [0.3, 0.4) is 0 Å². The van der Waals surface area contributed by atoms with Crippen molar-refractivity contribution < 1.29 is 4.74 Å². The molecule has 0 aliphatic carbocycles. The van der Waals surface area contributed by atoms with Crippen molar-refractivity contribution in [3.05, 3.63) is 36.6 Å². The number of ether oxygens (including phenoxy) is 1. The molecule has 0 aromatic rings. The van der Waals surface area contributed by atoms with Crippen molar-refractivity contribution in [2.75, 3.05) is 11.7 Å². The van der Waals surface area contributed by atoms with Crippen molar-refractivity contribution in [2.24, 2.45) is 0 Å². The van der Waals surface area contributed by atoms with Crippen LogP contribution in [0.2, 0.25) is 0 Å². The summed E-state index contributed by atoms with van der Waals surface area (Å²) in [6.07, 6.45) is 3.56. The van der Waals surface area contributed by atoms with Gasteiger partial charge in [-0.3, -0.25) is 0 Å². The van der Waals surface area contributed by atoms with Crippen LogP contribution in [-0.2, 0) is 4.74 Å². The first-order chi connectivity index (χ1) is 4.88. The average Bonchev–Trinajstić information content (AvgIpc) is 2.04. The summed E-state index contributed by atoms with van der Waals surface area (Å²) in [5.74, 6) is 2.61. The smallest absolute Gasteiger partial charge is 0.134 e. The fraction of sp³-hybridized carbons (Fsp3) is 0.250. The molecule has 54 valence electrons. The average molecular weight is 154 g/mol. The molecule has 0 atom stereocenters. The van der Waals surface area contributed by atoms with E-state index in [1.165, 1.54) is 0 Å². The molecule has 1 aliphatic rings. The lowest BCUT2D eigenvalue weighted by molar-refractivity contribution is 0.281. The Morgan fingerprint density at radius 2 is 2.20 bits per heavy atom. The quantitative estimate of drug-likeness (QED) is 0.603. The predicted molar refractivity (Wildman–Crippen MR) is 45.8 cm³/mol. The molecule has 0 N–H and O–H groups in total. The van der Waals surface area contributed by atoms with Gasteiger partial charge in [0.1, 0.15) is 11.7 Å². The van der Waals surface area contributed by atoms with E-state index < -0.39 is 0 Å². The van der Waals surface area contributed by atoms with Gasteiger partial charge in [-0.15, -0.1) is 11.8 Å². The Morgan fingerprint density at radius 3 is 2.70 bits per heavy atom. The van der Waals surface area contributed by atoms with Crippen molar-refractivity contribution in [3.8, 4) is 0 Å². The molecule has 1 rings (SSSR count). The number of hydrogen-bond donors (Lipinski definition) is 0. The van der Waals surface area contributed by atoms with Crippen LogP contribution in [0.1, 0.15) is 0 Å². The topological polar surface area (TPSA) is 9.23 Å². The highest BCUT2D eigenvalue weighted by molar-refractivity contribution is 7.99. The predicted octanol–water partition coefficient (Wildman–Crippen LogP) is 2.33. The van der Waals surface area contributed by atoms with E-state index in [0.29, 0.717) is 0 Å². The fourth-order valence-corrected chi connectivity index (χ4v) is 1.54. The largest absolute Gasteiger partial charge is 0.483 e. The second-order valence-electron chi connectivity index (χ2n) is 1.91. The Labute approximate surface area is 65.5 Å². The summed E-state index contributed by atoms with van der Waals surface area (Å²) in [4.78, 5) is 0. The van der Waals surface area contributed by atoms with Gasteiger partial charge in [-0.25, -0.2) is 0 Å². The molecule has 2 heteroatoms. The summed E-state index contributed by atoms with van der Waals surface area (Å²) in [5.41, 5.74) is 1.14. The molecule has 0 saturated carbocycles. The first kappa shape index (κ1) is 7.48. The fourth-order valence-electron chi connectivity index (χ4n) is 0.770. The summed E-state index contributed by atoms with van der Waals surface area (Å²) in [5, 5.41) is 0. The van der Waals surface area contributed by atoms with Gasteiger partial charge >= 0.3 is 0 Å². The monoisotopic (exact) mass is 154 g/mol. The summed E-state index contributed by atoms with van der Waals surface area (Å²) >= 11 is 1.75. The molecule has 0 aromatic heterocycles. The molecular weight excluding hydrogens is 144 g/mol. The minimum absolute atomic E-state index is 0.735. The molecule has 0 spiro atoms. The molecule has 0 amide bonds. The second-order valence-corrected chi connectivity index (χ2v) is 2.84. The van der Waals surface area contributed by atoms with Gasteiger partial charge in [-0.05, 0) is 6.08 Å². The Balaban J connectivity index is 2.81. The molecule has 0 fully saturated rings. The van der Waals surface area contributed by atoms with E-state index >= 15 is 0 Å². The Morgan fingerprint density at radius 1 is 1.40 bits per heavy atom. The van der Waals surface area contributed by atoms with E-state index in [1.807, 2.05) is 6.08 Å². The minimum atomic E-state index is 0.735. The van der Waals surface area contributed by atoms with Gasteiger partial charge in [0, 0.05) is 11.3 Å². The maximum absolute atomic E-state index is 5.28. The number of thioether (sulfide) groups is 1. The maximum atomic E-state index is 5.28. The zero-order valence-corrected chi connectivity index (χ0v) is 6.62. The lowest BCUT2D eigenvalue weighted by Gasteiger charge is -2.15. The lowest BCUT2D eigenvalue weighted by atomic mass is 10.2. The summed E-state index contributed by atoms with van der Waals surface area (Å²) in [6.45, 7) is 7.33. The summed E-state index contributed by atoms with van der Waals surface area (Å²) in [7, 11) is 0. The second kappa shape index (κ2) is 3.52. The number of allylic oxidation sites excluding steroid dienone is 2. The van der Waals surface area contributed by atoms with Crippen molar-refractivity contribution in [1.82, 2.24) is 0 Å². The third-order valence-corrected chi connectivity index (χ3v) is 2.10. The van der Waals surface area contributed by atoms with Gasteiger partial charge in [-0.2, -0.15) is 0 Å². The van der Waals surface area contributed by atoms with Crippen LogP contribution in [0.15, 0.2) is 36.6 Å². The zero-order chi connectivity index (χ0) is 7.40. The van der Waals surface area contributed by atoms with Crippen molar-refractivity contribution in [2.45, 2.75) is 0 Å². The van der Waals surface area contributed by atoms with Crippen LogP contribution < -0.4 is 0 Å². The van der Waals surface area contributed by atoms with Gasteiger partial charge < -0.3 is 4.74 Å². The molecule has 1 aliphatic heterocycles. The van der Waals surface area contributed by atoms with Crippen molar-refractivity contribution in [3.63, 3.8) is 0 Å². The van der Waals surface area contributed by atoms with Crippen molar-refractivity contribution >= 4 is 11.8 Å². The Hall–Kier alpha value is -0.630. The molecule has 0 bridgehead atoms. The van der Waals surface area contributed by atoms with Gasteiger partial charge in [-0.1, -0.05) is 19.2 Å². The highest BCUT2D eigenvalue weighted by atomic mass is 32.2. The first-order valence-electron chi connectivity index (χ1n) is 3.07. The third kappa shape index (κ3) is 1.45. The van der Waals surface area contributed by atoms with Crippen LogP contribution in [0, 0.1) is 0 Å². The van der Waals surface area contributed by atoms with Gasteiger partial charge in [0.25, 0.3) is 0 Å². The highest BCUT2D eigenvalue weighted by Gasteiger charge is 2.07. The van der Waals surface area contributed by atoms with Gasteiger partial charge in [0.2, 0.25) is 0 Å². The van der Waals surface area contributed by atoms with Crippen LogP contribution in [-0.4, -0.2) is 11.7 Å².